The number of unbranched alkanes of at least 4 members (excludes halogenated alkanes) is 1. The molecule has 5 heteroatoms. The highest BCUT2D eigenvalue weighted by atomic mass is 32.2. The number of hydrogen-bond acceptors (Lipinski definition) is 5. The summed E-state index contributed by atoms with van der Waals surface area (Å²) in [6.07, 6.45) is 2.30. The van der Waals surface area contributed by atoms with Gasteiger partial charge in [0.15, 0.2) is 11.5 Å². The molecule has 0 atom stereocenters. The van der Waals surface area contributed by atoms with Crippen molar-refractivity contribution in [3.8, 4) is 11.5 Å². The van der Waals surface area contributed by atoms with Crippen LogP contribution in [-0.2, 0) is 4.79 Å². The van der Waals surface area contributed by atoms with Gasteiger partial charge in [-0.1, -0.05) is 19.4 Å². The maximum atomic E-state index is 11.7. The van der Waals surface area contributed by atoms with Gasteiger partial charge in [0.25, 0.3) is 0 Å². The number of hydrogen-bond donors (Lipinski definition) is 0. The van der Waals surface area contributed by atoms with Crippen LogP contribution in [0.25, 0.3) is 0 Å². The molecule has 0 spiro atoms. The molecule has 1 aromatic carbocycles. The molecule has 1 saturated heterocycles. The molecule has 110 valence electrons. The molecule has 1 aliphatic rings. The van der Waals surface area contributed by atoms with Crippen molar-refractivity contribution in [3.63, 3.8) is 0 Å². The van der Waals surface area contributed by atoms with Crippen LogP contribution in [0.1, 0.15) is 36.3 Å². The molecular formula is C15H20O3S2. The number of esters is 1. The van der Waals surface area contributed by atoms with Crippen LogP contribution >= 0.6 is 23.5 Å². The topological polar surface area (TPSA) is 35.5 Å². The first-order valence-electron chi connectivity index (χ1n) is 6.86. The van der Waals surface area contributed by atoms with Gasteiger partial charge >= 0.3 is 5.97 Å². The SMILES string of the molecule is CCCCC(=O)Oc1ccc(C2SCCS2)cc1OC. The van der Waals surface area contributed by atoms with E-state index in [1.807, 2.05) is 41.7 Å². The molecule has 0 unspecified atom stereocenters. The van der Waals surface area contributed by atoms with E-state index in [9.17, 15) is 4.79 Å². The predicted molar refractivity (Wildman–Crippen MR) is 85.8 cm³/mol. The summed E-state index contributed by atoms with van der Waals surface area (Å²) in [5.74, 6) is 3.34. The lowest BCUT2D eigenvalue weighted by Gasteiger charge is -2.13. The Balaban J connectivity index is 2.07. The normalized spacial score (nSPS) is 15.3. The average molecular weight is 312 g/mol. The molecule has 0 bridgehead atoms. The van der Waals surface area contributed by atoms with E-state index in [0.717, 1.165) is 12.8 Å². The first-order valence-corrected chi connectivity index (χ1v) is 8.96. The molecule has 0 N–H and O–H groups in total. The van der Waals surface area contributed by atoms with Crippen molar-refractivity contribution in [2.75, 3.05) is 18.6 Å². The molecule has 1 aromatic rings. The zero-order chi connectivity index (χ0) is 14.4. The number of carbonyl (C=O) groups excluding carboxylic acids is 1. The Hall–Kier alpha value is -0.810. The standard InChI is InChI=1S/C15H20O3S2/c1-3-4-5-14(16)18-12-7-6-11(10-13(12)17-2)15-19-8-9-20-15/h6-7,10,15H,3-5,8-9H2,1-2H3. The Morgan fingerprint density at radius 3 is 2.70 bits per heavy atom. The van der Waals surface area contributed by atoms with E-state index in [2.05, 4.69) is 6.92 Å². The average Bonchev–Trinajstić information content (AvgIpc) is 2.99. The lowest BCUT2D eigenvalue weighted by atomic mass is 10.2. The fraction of sp³-hybridized carbons (Fsp3) is 0.533. The molecule has 0 aliphatic carbocycles. The Labute approximate surface area is 128 Å². The summed E-state index contributed by atoms with van der Waals surface area (Å²) in [4.78, 5) is 11.7. The highest BCUT2D eigenvalue weighted by molar-refractivity contribution is 8.19. The zero-order valence-electron chi connectivity index (χ0n) is 11.9. The van der Waals surface area contributed by atoms with Gasteiger partial charge in [0.1, 0.15) is 0 Å². The first kappa shape index (κ1) is 15.6. The van der Waals surface area contributed by atoms with Crippen molar-refractivity contribution in [2.45, 2.75) is 30.8 Å². The minimum Gasteiger partial charge on any atom is -0.493 e. The second-order valence-electron chi connectivity index (χ2n) is 4.56. The summed E-state index contributed by atoms with van der Waals surface area (Å²) in [5, 5.41) is 0. The van der Waals surface area contributed by atoms with Gasteiger partial charge in [0.2, 0.25) is 0 Å². The highest BCUT2D eigenvalue weighted by Gasteiger charge is 2.20. The van der Waals surface area contributed by atoms with E-state index >= 15 is 0 Å². The van der Waals surface area contributed by atoms with E-state index < -0.39 is 0 Å². The number of thioether (sulfide) groups is 2. The maximum Gasteiger partial charge on any atom is 0.311 e. The Kier molecular flexibility index (Phi) is 6.10. The van der Waals surface area contributed by atoms with E-state index in [1.165, 1.54) is 17.1 Å². The van der Waals surface area contributed by atoms with Gasteiger partial charge < -0.3 is 9.47 Å². The van der Waals surface area contributed by atoms with Gasteiger partial charge in [-0.25, -0.2) is 0 Å². The summed E-state index contributed by atoms with van der Waals surface area (Å²) in [5.41, 5.74) is 1.22. The van der Waals surface area contributed by atoms with Crippen molar-refractivity contribution in [1.82, 2.24) is 0 Å². The van der Waals surface area contributed by atoms with Crippen LogP contribution in [0.15, 0.2) is 18.2 Å². The third kappa shape index (κ3) is 4.09. The summed E-state index contributed by atoms with van der Waals surface area (Å²) < 4.78 is 11.2. The molecule has 3 nitrogen and oxygen atoms in total. The van der Waals surface area contributed by atoms with Crippen molar-refractivity contribution in [1.29, 1.82) is 0 Å². The van der Waals surface area contributed by atoms with Gasteiger partial charge in [-0.2, -0.15) is 0 Å². The van der Waals surface area contributed by atoms with E-state index in [0.29, 0.717) is 22.5 Å². The van der Waals surface area contributed by atoms with Crippen molar-refractivity contribution in [3.05, 3.63) is 23.8 Å². The summed E-state index contributed by atoms with van der Waals surface area (Å²) >= 11 is 3.89. The van der Waals surface area contributed by atoms with Crippen molar-refractivity contribution in [2.24, 2.45) is 0 Å². The Bertz CT molecular complexity index is 456. The number of carbonyl (C=O) groups is 1. The zero-order valence-corrected chi connectivity index (χ0v) is 13.5. The molecule has 20 heavy (non-hydrogen) atoms. The van der Waals surface area contributed by atoms with Crippen LogP contribution in [0.2, 0.25) is 0 Å². The molecule has 0 radical (unpaired) electrons. The highest BCUT2D eigenvalue weighted by Crippen LogP contribution is 2.46. The van der Waals surface area contributed by atoms with Crippen LogP contribution in [0.3, 0.4) is 0 Å². The fourth-order valence-electron chi connectivity index (χ4n) is 1.96. The van der Waals surface area contributed by atoms with Gasteiger partial charge in [0.05, 0.1) is 11.7 Å². The molecule has 1 aliphatic heterocycles. The van der Waals surface area contributed by atoms with E-state index in [4.69, 9.17) is 9.47 Å². The lowest BCUT2D eigenvalue weighted by Crippen LogP contribution is -2.08. The Morgan fingerprint density at radius 1 is 1.30 bits per heavy atom. The molecule has 1 heterocycles. The minimum absolute atomic E-state index is 0.192. The monoisotopic (exact) mass is 312 g/mol. The predicted octanol–water partition coefficient (Wildman–Crippen LogP) is 4.27. The van der Waals surface area contributed by atoms with Gasteiger partial charge in [-0.15, -0.1) is 23.5 Å². The van der Waals surface area contributed by atoms with Gasteiger partial charge in [-0.3, -0.25) is 4.79 Å². The molecule has 0 saturated carbocycles. The number of methoxy groups -OCH3 is 1. The summed E-state index contributed by atoms with van der Waals surface area (Å²) in [6.45, 7) is 2.06. The molecule has 0 aromatic heterocycles. The van der Waals surface area contributed by atoms with E-state index in [1.54, 1.807) is 7.11 Å². The van der Waals surface area contributed by atoms with Gasteiger partial charge in [0, 0.05) is 17.9 Å². The summed E-state index contributed by atoms with van der Waals surface area (Å²) in [7, 11) is 1.61. The third-order valence-corrected chi connectivity index (χ3v) is 6.14. The molecule has 1 fully saturated rings. The fourth-order valence-corrected chi connectivity index (χ4v) is 4.80. The van der Waals surface area contributed by atoms with Gasteiger partial charge in [-0.05, 0) is 24.1 Å². The number of ether oxygens (including phenoxy) is 2. The third-order valence-electron chi connectivity index (χ3n) is 3.04. The first-order chi connectivity index (χ1) is 9.74. The van der Waals surface area contributed by atoms with Crippen molar-refractivity contribution >= 4 is 29.5 Å². The van der Waals surface area contributed by atoms with E-state index in [-0.39, 0.29) is 5.97 Å². The maximum absolute atomic E-state index is 11.7. The largest absolute Gasteiger partial charge is 0.493 e. The quantitative estimate of drug-likeness (QED) is 0.579. The summed E-state index contributed by atoms with van der Waals surface area (Å²) in [6, 6.07) is 5.86. The second kappa shape index (κ2) is 7.84. The Morgan fingerprint density at radius 2 is 2.05 bits per heavy atom. The number of rotatable bonds is 6. The van der Waals surface area contributed by atoms with Crippen LogP contribution in [0.5, 0.6) is 11.5 Å². The van der Waals surface area contributed by atoms with Crippen LogP contribution in [-0.4, -0.2) is 24.6 Å². The molecule has 0 amide bonds. The smallest absolute Gasteiger partial charge is 0.311 e. The van der Waals surface area contributed by atoms with Crippen LogP contribution < -0.4 is 9.47 Å². The molecular weight excluding hydrogens is 292 g/mol. The molecule has 2 rings (SSSR count). The van der Waals surface area contributed by atoms with Crippen molar-refractivity contribution < 1.29 is 14.3 Å². The number of benzene rings is 1. The lowest BCUT2D eigenvalue weighted by molar-refractivity contribution is -0.134. The van der Waals surface area contributed by atoms with Crippen LogP contribution in [0, 0.1) is 0 Å². The minimum atomic E-state index is -0.192. The van der Waals surface area contributed by atoms with Crippen LogP contribution in [0.4, 0.5) is 0 Å². The second-order valence-corrected chi connectivity index (χ2v) is 7.29.